The van der Waals surface area contributed by atoms with Gasteiger partial charge in [-0.2, -0.15) is 5.10 Å². The molecular weight excluding hydrogens is 244 g/mol. The van der Waals surface area contributed by atoms with Crippen molar-refractivity contribution in [2.45, 2.75) is 45.2 Å². The molecule has 106 valence electrons. The molecule has 1 saturated carbocycles. The molecular formula is C13H22N4O2. The highest BCUT2D eigenvalue weighted by Gasteiger charge is 2.52. The predicted molar refractivity (Wildman–Crippen MR) is 70.4 cm³/mol. The molecule has 0 amide bonds. The maximum atomic E-state index is 12.4. The number of nitrogens with zero attached hydrogens (tertiary/aromatic N) is 3. The molecule has 0 saturated heterocycles. The van der Waals surface area contributed by atoms with Crippen LogP contribution in [0.1, 0.15) is 33.1 Å². The summed E-state index contributed by atoms with van der Waals surface area (Å²) in [5, 5.41) is 7.52. The SMILES string of the molecule is CCCNC(Cn1cncn1)(C(=O)OCC)C1CC1. The van der Waals surface area contributed by atoms with Gasteiger partial charge in [-0.05, 0) is 38.6 Å². The second-order valence-corrected chi connectivity index (χ2v) is 4.99. The maximum absolute atomic E-state index is 12.4. The number of aromatic nitrogens is 3. The first-order valence-corrected chi connectivity index (χ1v) is 6.97. The van der Waals surface area contributed by atoms with Crippen LogP contribution in [0.4, 0.5) is 0 Å². The van der Waals surface area contributed by atoms with Gasteiger partial charge in [-0.15, -0.1) is 0 Å². The number of ether oxygens (including phenoxy) is 1. The quantitative estimate of drug-likeness (QED) is 0.711. The highest BCUT2D eigenvalue weighted by atomic mass is 16.5. The summed E-state index contributed by atoms with van der Waals surface area (Å²) in [6.07, 6.45) is 6.23. The van der Waals surface area contributed by atoms with Crippen LogP contribution in [-0.4, -0.2) is 39.4 Å². The largest absolute Gasteiger partial charge is 0.465 e. The average Bonchev–Trinajstić information content (AvgIpc) is 3.14. The summed E-state index contributed by atoms with van der Waals surface area (Å²) in [5.74, 6) is 0.170. The zero-order valence-electron chi connectivity index (χ0n) is 11.6. The van der Waals surface area contributed by atoms with E-state index in [0.717, 1.165) is 25.8 Å². The van der Waals surface area contributed by atoms with Crippen molar-refractivity contribution in [3.63, 3.8) is 0 Å². The van der Waals surface area contributed by atoms with E-state index in [1.807, 2.05) is 6.92 Å². The van der Waals surface area contributed by atoms with Gasteiger partial charge in [0.2, 0.25) is 0 Å². The Morgan fingerprint density at radius 2 is 2.32 bits per heavy atom. The molecule has 1 aromatic heterocycles. The Labute approximate surface area is 113 Å². The summed E-state index contributed by atoms with van der Waals surface area (Å²) < 4.78 is 7.00. The second-order valence-electron chi connectivity index (χ2n) is 4.99. The van der Waals surface area contributed by atoms with E-state index in [1.54, 1.807) is 11.0 Å². The first-order chi connectivity index (χ1) is 9.23. The minimum Gasteiger partial charge on any atom is -0.465 e. The van der Waals surface area contributed by atoms with Gasteiger partial charge in [0.1, 0.15) is 18.2 Å². The van der Waals surface area contributed by atoms with Crippen LogP contribution in [0, 0.1) is 5.92 Å². The minimum atomic E-state index is -0.653. The van der Waals surface area contributed by atoms with Crippen molar-refractivity contribution in [2.75, 3.05) is 13.2 Å². The lowest BCUT2D eigenvalue weighted by Crippen LogP contribution is -2.58. The number of nitrogens with one attached hydrogen (secondary N) is 1. The molecule has 0 bridgehead atoms. The van der Waals surface area contributed by atoms with Crippen LogP contribution < -0.4 is 5.32 Å². The van der Waals surface area contributed by atoms with Crippen LogP contribution in [0.15, 0.2) is 12.7 Å². The highest BCUT2D eigenvalue weighted by Crippen LogP contribution is 2.41. The van der Waals surface area contributed by atoms with Gasteiger partial charge < -0.3 is 10.1 Å². The van der Waals surface area contributed by atoms with Gasteiger partial charge in [0.25, 0.3) is 0 Å². The number of rotatable bonds is 8. The summed E-state index contributed by atoms with van der Waals surface area (Å²) in [6.45, 7) is 5.61. The maximum Gasteiger partial charge on any atom is 0.328 e. The molecule has 1 atom stereocenters. The van der Waals surface area contributed by atoms with E-state index >= 15 is 0 Å². The zero-order valence-corrected chi connectivity index (χ0v) is 11.6. The fraction of sp³-hybridized carbons (Fsp3) is 0.769. The van der Waals surface area contributed by atoms with Crippen LogP contribution in [0.2, 0.25) is 0 Å². The van der Waals surface area contributed by atoms with Gasteiger partial charge in [0.15, 0.2) is 0 Å². The third-order valence-corrected chi connectivity index (χ3v) is 3.48. The number of hydrogen-bond acceptors (Lipinski definition) is 5. The van der Waals surface area contributed by atoms with Gasteiger partial charge >= 0.3 is 5.97 Å². The van der Waals surface area contributed by atoms with Gasteiger partial charge in [-0.25, -0.2) is 9.78 Å². The van der Waals surface area contributed by atoms with E-state index < -0.39 is 5.54 Å². The molecule has 1 N–H and O–H groups in total. The molecule has 6 nitrogen and oxygen atoms in total. The van der Waals surface area contributed by atoms with E-state index in [-0.39, 0.29) is 5.97 Å². The lowest BCUT2D eigenvalue weighted by Gasteiger charge is -2.32. The topological polar surface area (TPSA) is 69.0 Å². The Balaban J connectivity index is 2.19. The molecule has 1 fully saturated rings. The fourth-order valence-electron chi connectivity index (χ4n) is 2.39. The molecule has 1 aliphatic carbocycles. The Morgan fingerprint density at radius 3 is 2.84 bits per heavy atom. The summed E-state index contributed by atoms with van der Waals surface area (Å²) >= 11 is 0. The molecule has 0 aromatic carbocycles. The van der Waals surface area contributed by atoms with Crippen LogP contribution in [-0.2, 0) is 16.1 Å². The summed E-state index contributed by atoms with van der Waals surface area (Å²) in [7, 11) is 0. The third-order valence-electron chi connectivity index (χ3n) is 3.48. The molecule has 0 spiro atoms. The smallest absolute Gasteiger partial charge is 0.328 e. The van der Waals surface area contributed by atoms with Crippen molar-refractivity contribution in [3.05, 3.63) is 12.7 Å². The summed E-state index contributed by atoms with van der Waals surface area (Å²) in [4.78, 5) is 16.4. The lowest BCUT2D eigenvalue weighted by molar-refractivity contribution is -0.153. The summed E-state index contributed by atoms with van der Waals surface area (Å²) in [5.41, 5.74) is -0.653. The normalized spacial score (nSPS) is 18.0. The van der Waals surface area contributed by atoms with Crippen LogP contribution in [0.5, 0.6) is 0 Å². The Morgan fingerprint density at radius 1 is 1.53 bits per heavy atom. The van der Waals surface area contributed by atoms with Gasteiger partial charge in [0.05, 0.1) is 13.2 Å². The molecule has 1 unspecified atom stereocenters. The molecule has 1 heterocycles. The first kappa shape index (κ1) is 14.0. The Kier molecular flexibility index (Phi) is 4.52. The fourth-order valence-corrected chi connectivity index (χ4v) is 2.39. The number of carbonyl (C=O) groups excluding carboxylic acids is 1. The van der Waals surface area contributed by atoms with Crippen molar-refractivity contribution >= 4 is 5.97 Å². The van der Waals surface area contributed by atoms with Gasteiger partial charge in [-0.3, -0.25) is 4.68 Å². The van der Waals surface area contributed by atoms with Crippen LogP contribution >= 0.6 is 0 Å². The Hall–Kier alpha value is -1.43. The third kappa shape index (κ3) is 3.12. The molecule has 1 aliphatic rings. The monoisotopic (exact) mass is 266 g/mol. The van der Waals surface area contributed by atoms with E-state index in [1.165, 1.54) is 6.33 Å². The van der Waals surface area contributed by atoms with Crippen LogP contribution in [0.3, 0.4) is 0 Å². The van der Waals surface area contributed by atoms with Crippen molar-refractivity contribution < 1.29 is 9.53 Å². The Bertz CT molecular complexity index is 403. The minimum absolute atomic E-state index is 0.165. The van der Waals surface area contributed by atoms with Crippen LogP contribution in [0.25, 0.3) is 0 Å². The molecule has 6 heteroatoms. The van der Waals surface area contributed by atoms with Crippen molar-refractivity contribution in [2.24, 2.45) is 5.92 Å². The van der Waals surface area contributed by atoms with Crippen molar-refractivity contribution in [1.82, 2.24) is 20.1 Å². The second kappa shape index (κ2) is 6.14. The number of hydrogen-bond donors (Lipinski definition) is 1. The van der Waals surface area contributed by atoms with Gasteiger partial charge in [0, 0.05) is 0 Å². The average molecular weight is 266 g/mol. The standard InChI is InChI=1S/C13H22N4O2/c1-3-7-15-13(11-5-6-11,12(18)19-4-2)8-17-10-14-9-16-17/h9-11,15H,3-8H2,1-2H3. The van der Waals surface area contributed by atoms with E-state index in [9.17, 15) is 4.79 Å². The number of carbonyl (C=O) groups is 1. The molecule has 19 heavy (non-hydrogen) atoms. The zero-order chi connectivity index (χ0) is 13.7. The van der Waals surface area contributed by atoms with Gasteiger partial charge in [-0.1, -0.05) is 6.92 Å². The molecule has 0 aliphatic heterocycles. The summed E-state index contributed by atoms with van der Waals surface area (Å²) in [6, 6.07) is 0. The lowest BCUT2D eigenvalue weighted by atomic mass is 9.92. The van der Waals surface area contributed by atoms with Crippen molar-refractivity contribution in [3.8, 4) is 0 Å². The predicted octanol–water partition coefficient (Wildman–Crippen LogP) is 0.990. The van der Waals surface area contributed by atoms with E-state index in [2.05, 4.69) is 22.3 Å². The van der Waals surface area contributed by atoms with E-state index in [0.29, 0.717) is 19.1 Å². The molecule has 1 aromatic rings. The molecule has 2 rings (SSSR count). The number of esters is 1. The highest BCUT2D eigenvalue weighted by molar-refractivity contribution is 5.81. The first-order valence-electron chi connectivity index (χ1n) is 6.97. The van der Waals surface area contributed by atoms with E-state index in [4.69, 9.17) is 4.74 Å². The molecule has 0 radical (unpaired) electrons. The van der Waals surface area contributed by atoms with Crippen molar-refractivity contribution in [1.29, 1.82) is 0 Å².